The summed E-state index contributed by atoms with van der Waals surface area (Å²) in [6.45, 7) is 9.52. The molecule has 160 valence electrons. The van der Waals surface area contributed by atoms with Crippen LogP contribution in [-0.2, 0) is 15.0 Å². The van der Waals surface area contributed by atoms with E-state index in [1.54, 1.807) is 0 Å². The topological polar surface area (TPSA) is 64.1 Å². The predicted octanol–water partition coefficient (Wildman–Crippen LogP) is 2.29. The van der Waals surface area contributed by atoms with E-state index in [-0.39, 0.29) is 18.2 Å². The van der Waals surface area contributed by atoms with Crippen LogP contribution >= 0.6 is 0 Å². The van der Waals surface area contributed by atoms with Gasteiger partial charge in [0.25, 0.3) is 0 Å². The smallest absolute Gasteiger partial charge is 0.303 e. The van der Waals surface area contributed by atoms with Gasteiger partial charge >= 0.3 is 5.97 Å². The highest BCUT2D eigenvalue weighted by atomic mass is 16.4. The van der Waals surface area contributed by atoms with Crippen LogP contribution < -0.4 is 0 Å². The zero-order valence-electron chi connectivity index (χ0n) is 18.0. The number of carbonyl (C=O) groups is 2. The zero-order valence-corrected chi connectivity index (χ0v) is 18.0. The van der Waals surface area contributed by atoms with Crippen molar-refractivity contribution in [2.45, 2.75) is 44.6 Å². The Morgan fingerprint density at radius 3 is 2.34 bits per heavy atom. The molecule has 0 radical (unpaired) electrons. The van der Waals surface area contributed by atoms with Crippen LogP contribution in [0.5, 0.6) is 0 Å². The fourth-order valence-electron chi connectivity index (χ4n) is 4.80. The second-order valence-electron chi connectivity index (χ2n) is 9.13. The van der Waals surface area contributed by atoms with Crippen LogP contribution in [0, 0.1) is 5.92 Å². The van der Waals surface area contributed by atoms with Crippen molar-refractivity contribution in [1.82, 2.24) is 14.7 Å². The molecule has 2 fully saturated rings. The third kappa shape index (κ3) is 5.17. The Bertz CT molecular complexity index is 699. The number of piperidine rings is 1. The van der Waals surface area contributed by atoms with Gasteiger partial charge in [0.2, 0.25) is 5.91 Å². The maximum absolute atomic E-state index is 13.4. The number of likely N-dealkylation sites (tertiary alicyclic amines) is 1. The second kappa shape index (κ2) is 9.26. The monoisotopic (exact) mass is 401 g/mol. The molecule has 2 aliphatic rings. The van der Waals surface area contributed by atoms with Crippen molar-refractivity contribution in [1.29, 1.82) is 0 Å². The normalized spacial score (nSPS) is 24.4. The van der Waals surface area contributed by atoms with Crippen molar-refractivity contribution >= 4 is 11.9 Å². The van der Waals surface area contributed by atoms with E-state index in [2.05, 4.69) is 16.8 Å². The third-order valence-electron chi connectivity index (χ3n) is 6.75. The molecule has 2 heterocycles. The average Bonchev–Trinajstić information content (AvgIpc) is 2.72. The highest BCUT2D eigenvalue weighted by Gasteiger charge is 2.40. The van der Waals surface area contributed by atoms with Gasteiger partial charge in [-0.05, 0) is 45.2 Å². The molecular weight excluding hydrogens is 366 g/mol. The molecule has 0 spiro atoms. The first-order chi connectivity index (χ1) is 13.8. The highest BCUT2D eigenvalue weighted by molar-refractivity contribution is 5.87. The molecule has 0 aliphatic carbocycles. The quantitative estimate of drug-likeness (QED) is 0.792. The second-order valence-corrected chi connectivity index (χ2v) is 9.13. The van der Waals surface area contributed by atoms with Crippen molar-refractivity contribution in [3.63, 3.8) is 0 Å². The number of carboxylic acids is 1. The molecule has 0 unspecified atom stereocenters. The fourth-order valence-corrected chi connectivity index (χ4v) is 4.80. The van der Waals surface area contributed by atoms with Gasteiger partial charge in [-0.2, -0.15) is 0 Å². The minimum absolute atomic E-state index is 0.140. The lowest BCUT2D eigenvalue weighted by Gasteiger charge is -2.47. The van der Waals surface area contributed by atoms with E-state index in [4.69, 9.17) is 0 Å². The van der Waals surface area contributed by atoms with Crippen molar-refractivity contribution in [3.8, 4) is 0 Å². The lowest BCUT2D eigenvalue weighted by Crippen LogP contribution is -2.58. The first-order valence-electron chi connectivity index (χ1n) is 10.8. The lowest BCUT2D eigenvalue weighted by molar-refractivity contribution is -0.140. The maximum Gasteiger partial charge on any atom is 0.303 e. The Morgan fingerprint density at radius 1 is 1.07 bits per heavy atom. The van der Waals surface area contributed by atoms with Gasteiger partial charge in [-0.3, -0.25) is 14.5 Å². The van der Waals surface area contributed by atoms with Gasteiger partial charge in [0, 0.05) is 51.7 Å². The van der Waals surface area contributed by atoms with Gasteiger partial charge in [0.15, 0.2) is 0 Å². The van der Waals surface area contributed by atoms with Gasteiger partial charge < -0.3 is 14.9 Å². The predicted molar refractivity (Wildman–Crippen MR) is 114 cm³/mol. The number of benzene rings is 1. The molecule has 29 heavy (non-hydrogen) atoms. The van der Waals surface area contributed by atoms with E-state index in [0.717, 1.165) is 44.7 Å². The molecule has 1 aromatic rings. The number of hydrogen-bond donors (Lipinski definition) is 1. The lowest BCUT2D eigenvalue weighted by atomic mass is 9.81. The summed E-state index contributed by atoms with van der Waals surface area (Å²) < 4.78 is 0. The third-order valence-corrected chi connectivity index (χ3v) is 6.75. The molecule has 1 aromatic carbocycles. The Balaban J connectivity index is 1.72. The van der Waals surface area contributed by atoms with Crippen molar-refractivity contribution in [3.05, 3.63) is 35.9 Å². The van der Waals surface area contributed by atoms with E-state index >= 15 is 0 Å². The summed E-state index contributed by atoms with van der Waals surface area (Å²) in [7, 11) is 2.15. The van der Waals surface area contributed by atoms with E-state index in [0.29, 0.717) is 19.0 Å². The number of carbonyl (C=O) groups excluding carboxylic acids is 1. The largest absolute Gasteiger partial charge is 0.481 e. The minimum Gasteiger partial charge on any atom is -0.481 e. The van der Waals surface area contributed by atoms with Gasteiger partial charge in [0.1, 0.15) is 0 Å². The molecule has 1 N–H and O–H groups in total. The van der Waals surface area contributed by atoms with Crippen LogP contribution in [0.2, 0.25) is 0 Å². The SMILES string of the molecule is CN1CCN([C@H]2CCN(C(=O)C(C)(C)c3ccccc3)C[C@H]2CCC(=O)O)CC1. The van der Waals surface area contributed by atoms with Crippen LogP contribution in [0.3, 0.4) is 0 Å². The molecule has 3 rings (SSSR count). The molecule has 0 aromatic heterocycles. The van der Waals surface area contributed by atoms with Crippen molar-refractivity contribution in [2.24, 2.45) is 5.92 Å². The van der Waals surface area contributed by atoms with Gasteiger partial charge in [0.05, 0.1) is 5.41 Å². The van der Waals surface area contributed by atoms with Crippen LogP contribution in [-0.4, -0.2) is 84.0 Å². The molecule has 2 aliphatic heterocycles. The van der Waals surface area contributed by atoms with Gasteiger partial charge in [-0.25, -0.2) is 0 Å². The first kappa shape index (κ1) is 21.8. The number of amides is 1. The van der Waals surface area contributed by atoms with E-state index in [9.17, 15) is 14.7 Å². The summed E-state index contributed by atoms with van der Waals surface area (Å²) in [6, 6.07) is 10.3. The summed E-state index contributed by atoms with van der Waals surface area (Å²) in [5.74, 6) is -0.408. The average molecular weight is 402 g/mol. The van der Waals surface area contributed by atoms with Crippen LogP contribution in [0.1, 0.15) is 38.7 Å². The maximum atomic E-state index is 13.4. The van der Waals surface area contributed by atoms with Crippen molar-refractivity contribution < 1.29 is 14.7 Å². The zero-order chi connectivity index (χ0) is 21.0. The number of rotatable bonds is 6. The molecule has 6 nitrogen and oxygen atoms in total. The summed E-state index contributed by atoms with van der Waals surface area (Å²) in [4.78, 5) is 31.5. The van der Waals surface area contributed by atoms with Crippen LogP contribution in [0.25, 0.3) is 0 Å². The van der Waals surface area contributed by atoms with E-state index in [1.807, 2.05) is 49.1 Å². The van der Waals surface area contributed by atoms with Gasteiger partial charge in [-0.1, -0.05) is 30.3 Å². The van der Waals surface area contributed by atoms with Crippen LogP contribution in [0.15, 0.2) is 30.3 Å². The summed E-state index contributed by atoms with van der Waals surface area (Å²) in [5.41, 5.74) is 0.438. The molecule has 1 amide bonds. The molecule has 6 heteroatoms. The Hall–Kier alpha value is -1.92. The summed E-state index contributed by atoms with van der Waals surface area (Å²) in [5, 5.41) is 9.23. The first-order valence-corrected chi connectivity index (χ1v) is 10.8. The summed E-state index contributed by atoms with van der Waals surface area (Å²) in [6.07, 6.45) is 1.71. The standard InChI is InChI=1S/C23H35N3O3/c1-23(2,19-7-5-4-6-8-19)22(29)26-12-11-20(18(17-26)9-10-21(27)28)25-15-13-24(3)14-16-25/h4-8,18,20H,9-17H2,1-3H3,(H,27,28)/t18-,20+/m1/s1. The van der Waals surface area contributed by atoms with Crippen molar-refractivity contribution in [2.75, 3.05) is 46.3 Å². The number of aliphatic carboxylic acids is 1. The minimum atomic E-state index is -0.754. The van der Waals surface area contributed by atoms with E-state index in [1.165, 1.54) is 0 Å². The summed E-state index contributed by atoms with van der Waals surface area (Å²) >= 11 is 0. The number of piperazine rings is 1. The van der Waals surface area contributed by atoms with E-state index < -0.39 is 11.4 Å². The number of hydrogen-bond acceptors (Lipinski definition) is 4. The molecule has 2 saturated heterocycles. The number of carboxylic acid groups (broad SMARTS) is 1. The van der Waals surface area contributed by atoms with Gasteiger partial charge in [-0.15, -0.1) is 0 Å². The van der Waals surface area contributed by atoms with Crippen LogP contribution in [0.4, 0.5) is 0 Å². The molecular formula is C23H35N3O3. The molecule has 0 bridgehead atoms. The number of likely N-dealkylation sites (N-methyl/N-ethyl adjacent to an activating group) is 1. The molecule has 2 atom stereocenters. The Labute approximate surface area is 174 Å². The fraction of sp³-hybridized carbons (Fsp3) is 0.652. The Kier molecular flexibility index (Phi) is 6.96. The molecule has 0 saturated carbocycles. The highest BCUT2D eigenvalue weighted by Crippen LogP contribution is 2.31. The number of nitrogens with zero attached hydrogens (tertiary/aromatic N) is 3. The Morgan fingerprint density at radius 2 is 1.72 bits per heavy atom.